The van der Waals surface area contributed by atoms with Crippen LogP contribution in [0.2, 0.25) is 0 Å². The Morgan fingerprint density at radius 1 is 0.897 bits per heavy atom. The van der Waals surface area contributed by atoms with Crippen LogP contribution in [-0.4, -0.2) is 47.6 Å². The van der Waals surface area contributed by atoms with E-state index in [0.717, 1.165) is 22.2 Å². The van der Waals surface area contributed by atoms with Crippen molar-refractivity contribution in [2.24, 2.45) is 0 Å². The summed E-state index contributed by atoms with van der Waals surface area (Å²) >= 11 is 0.758. The summed E-state index contributed by atoms with van der Waals surface area (Å²) in [6.07, 6.45) is 1.55. The van der Waals surface area contributed by atoms with Crippen molar-refractivity contribution in [3.05, 3.63) is 88.8 Å². The van der Waals surface area contributed by atoms with E-state index in [0.29, 0.717) is 35.0 Å². The Balaban J connectivity index is 1.41. The fourth-order valence-corrected chi connectivity index (χ4v) is 4.54. The second-order valence-corrected chi connectivity index (χ2v) is 9.47. The highest BCUT2D eigenvalue weighted by Crippen LogP contribution is 2.34. The summed E-state index contributed by atoms with van der Waals surface area (Å²) in [6, 6.07) is 21.2. The van der Waals surface area contributed by atoms with Gasteiger partial charge in [0, 0.05) is 11.4 Å². The first-order valence-electron chi connectivity index (χ1n) is 12.2. The lowest BCUT2D eigenvalue weighted by molar-refractivity contribution is -0.127. The first kappa shape index (κ1) is 27.5. The quantitative estimate of drug-likeness (QED) is 0.341. The predicted octanol–water partition coefficient (Wildman–Crippen LogP) is 5.09. The van der Waals surface area contributed by atoms with Gasteiger partial charge in [-0.15, -0.1) is 0 Å². The smallest absolute Gasteiger partial charge is 0.294 e. The molecule has 0 bridgehead atoms. The van der Waals surface area contributed by atoms with E-state index in [-0.39, 0.29) is 17.4 Å². The topological polar surface area (TPSA) is 114 Å². The van der Waals surface area contributed by atoms with Crippen molar-refractivity contribution in [2.45, 2.75) is 13.8 Å². The second-order valence-electron chi connectivity index (χ2n) is 8.47. The fourth-order valence-electron chi connectivity index (χ4n) is 3.70. The molecule has 1 saturated heterocycles. The molecule has 39 heavy (non-hydrogen) atoms. The Labute approximate surface area is 230 Å². The van der Waals surface area contributed by atoms with Crippen molar-refractivity contribution >= 4 is 52.2 Å². The summed E-state index contributed by atoms with van der Waals surface area (Å²) in [5.41, 5.74) is 2.81. The van der Waals surface area contributed by atoms with Gasteiger partial charge in [-0.2, -0.15) is 0 Å². The Morgan fingerprint density at radius 3 is 2.38 bits per heavy atom. The van der Waals surface area contributed by atoms with E-state index in [1.807, 2.05) is 44.2 Å². The molecule has 0 unspecified atom stereocenters. The van der Waals surface area contributed by atoms with Crippen molar-refractivity contribution in [3.8, 4) is 11.5 Å². The number of imide groups is 1. The molecule has 4 amide bonds. The van der Waals surface area contributed by atoms with Gasteiger partial charge in [-0.1, -0.05) is 42.5 Å². The van der Waals surface area contributed by atoms with E-state index in [4.69, 9.17) is 9.47 Å². The van der Waals surface area contributed by atoms with Crippen molar-refractivity contribution in [3.63, 3.8) is 0 Å². The van der Waals surface area contributed by atoms with Crippen LogP contribution in [0.4, 0.5) is 16.2 Å². The average Bonchev–Trinajstić information content (AvgIpc) is 3.17. The molecule has 200 valence electrons. The van der Waals surface area contributed by atoms with E-state index < -0.39 is 23.6 Å². The van der Waals surface area contributed by atoms with Crippen LogP contribution in [0.1, 0.15) is 18.1 Å². The maximum absolute atomic E-state index is 12.9. The lowest BCUT2D eigenvalue weighted by atomic mass is 10.2. The Bertz CT molecular complexity index is 1420. The molecule has 3 aromatic carbocycles. The van der Waals surface area contributed by atoms with Crippen LogP contribution in [0.15, 0.2) is 77.7 Å². The number of benzene rings is 3. The number of nitrogens with zero attached hydrogens (tertiary/aromatic N) is 1. The Kier molecular flexibility index (Phi) is 9.01. The molecule has 3 aromatic rings. The van der Waals surface area contributed by atoms with Crippen LogP contribution in [-0.2, 0) is 14.4 Å². The van der Waals surface area contributed by atoms with Crippen molar-refractivity contribution in [1.82, 2.24) is 4.90 Å². The third-order valence-corrected chi connectivity index (χ3v) is 6.48. The van der Waals surface area contributed by atoms with Crippen molar-refractivity contribution in [2.75, 3.05) is 30.4 Å². The molecular formula is C29H27N3O6S. The highest BCUT2D eigenvalue weighted by Gasteiger charge is 2.36. The van der Waals surface area contributed by atoms with Crippen LogP contribution < -0.4 is 20.1 Å². The normalized spacial score (nSPS) is 13.9. The van der Waals surface area contributed by atoms with Gasteiger partial charge < -0.3 is 20.1 Å². The number of para-hydroxylation sites is 2. The highest BCUT2D eigenvalue weighted by atomic mass is 32.2. The molecule has 0 atom stereocenters. The molecule has 0 aliphatic carbocycles. The molecule has 10 heteroatoms. The van der Waals surface area contributed by atoms with Crippen LogP contribution in [0.5, 0.6) is 11.5 Å². The number of carbonyl (C=O) groups is 4. The number of rotatable bonds is 10. The van der Waals surface area contributed by atoms with Gasteiger partial charge in [0.15, 0.2) is 18.1 Å². The third-order valence-electron chi connectivity index (χ3n) is 5.58. The number of thioether (sulfide) groups is 1. The number of carbonyl (C=O) groups excluding carboxylic acids is 4. The number of anilines is 2. The largest absolute Gasteiger partial charge is 0.490 e. The zero-order valence-electron chi connectivity index (χ0n) is 21.4. The van der Waals surface area contributed by atoms with E-state index in [9.17, 15) is 19.2 Å². The molecule has 0 spiro atoms. The molecule has 4 rings (SSSR count). The molecule has 9 nitrogen and oxygen atoms in total. The minimum atomic E-state index is -0.556. The monoisotopic (exact) mass is 545 g/mol. The van der Waals surface area contributed by atoms with E-state index in [1.165, 1.54) is 0 Å². The van der Waals surface area contributed by atoms with Gasteiger partial charge >= 0.3 is 0 Å². The lowest BCUT2D eigenvalue weighted by Gasteiger charge is -2.13. The fraction of sp³-hybridized carbons (Fsp3) is 0.172. The van der Waals surface area contributed by atoms with Gasteiger partial charge in [0.05, 0.1) is 11.5 Å². The maximum Gasteiger partial charge on any atom is 0.294 e. The number of amides is 4. The molecule has 1 aliphatic rings. The Morgan fingerprint density at radius 2 is 1.64 bits per heavy atom. The number of aryl methyl sites for hydroxylation is 1. The summed E-state index contributed by atoms with van der Waals surface area (Å²) in [5.74, 6) is -0.604. The standard InChI is InChI=1S/C29H27N3O6S/c1-3-37-24-15-20(13-14-23(24)38-18-27(34)31-22-12-8-7-9-19(22)2)16-25-28(35)32(29(36)39-25)17-26(33)30-21-10-5-4-6-11-21/h4-16H,3,17-18H2,1-2H3,(H,30,33)(H,31,34)/b25-16-. The molecule has 1 fully saturated rings. The maximum atomic E-state index is 12.9. The number of nitrogens with one attached hydrogen (secondary N) is 2. The van der Waals surface area contributed by atoms with Crippen LogP contribution in [0, 0.1) is 6.92 Å². The SMILES string of the molecule is CCOc1cc(/C=C2\SC(=O)N(CC(=O)Nc3ccccc3)C2=O)ccc1OCC(=O)Nc1ccccc1C. The predicted molar refractivity (Wildman–Crippen MR) is 151 cm³/mol. The number of ether oxygens (including phenoxy) is 2. The summed E-state index contributed by atoms with van der Waals surface area (Å²) < 4.78 is 11.4. The first-order chi connectivity index (χ1) is 18.8. The van der Waals surface area contributed by atoms with Gasteiger partial charge in [0.2, 0.25) is 5.91 Å². The summed E-state index contributed by atoms with van der Waals surface area (Å²) in [4.78, 5) is 51.2. The molecule has 1 heterocycles. The molecule has 0 saturated carbocycles. The molecule has 0 radical (unpaired) electrons. The number of hydrogen-bond donors (Lipinski definition) is 2. The zero-order valence-corrected chi connectivity index (χ0v) is 22.2. The third kappa shape index (κ3) is 7.26. The van der Waals surface area contributed by atoms with E-state index >= 15 is 0 Å². The summed E-state index contributed by atoms with van der Waals surface area (Å²) in [5, 5.41) is 4.95. The van der Waals surface area contributed by atoms with Crippen molar-refractivity contribution in [1.29, 1.82) is 0 Å². The Hall–Kier alpha value is -4.57. The molecular weight excluding hydrogens is 518 g/mol. The summed E-state index contributed by atoms with van der Waals surface area (Å²) in [6.45, 7) is 3.45. The minimum Gasteiger partial charge on any atom is -0.490 e. The van der Waals surface area contributed by atoms with Gasteiger partial charge in [-0.25, -0.2) is 0 Å². The van der Waals surface area contributed by atoms with Gasteiger partial charge in [-0.05, 0) is 73.1 Å². The summed E-state index contributed by atoms with van der Waals surface area (Å²) in [7, 11) is 0. The highest BCUT2D eigenvalue weighted by molar-refractivity contribution is 8.18. The van der Waals surface area contributed by atoms with Crippen LogP contribution in [0.25, 0.3) is 6.08 Å². The first-order valence-corrected chi connectivity index (χ1v) is 13.0. The van der Waals surface area contributed by atoms with Crippen molar-refractivity contribution < 1.29 is 28.7 Å². The number of hydrogen-bond acceptors (Lipinski definition) is 7. The van der Waals surface area contributed by atoms with Crippen LogP contribution >= 0.6 is 11.8 Å². The van der Waals surface area contributed by atoms with Gasteiger partial charge in [0.1, 0.15) is 6.54 Å². The zero-order chi connectivity index (χ0) is 27.8. The average molecular weight is 546 g/mol. The molecule has 0 aromatic heterocycles. The lowest BCUT2D eigenvalue weighted by Crippen LogP contribution is -2.36. The van der Waals surface area contributed by atoms with Crippen LogP contribution in [0.3, 0.4) is 0 Å². The minimum absolute atomic E-state index is 0.182. The van der Waals surface area contributed by atoms with E-state index in [2.05, 4.69) is 10.6 Å². The van der Waals surface area contributed by atoms with Gasteiger partial charge in [-0.3, -0.25) is 24.1 Å². The van der Waals surface area contributed by atoms with Gasteiger partial charge in [0.25, 0.3) is 17.1 Å². The van der Waals surface area contributed by atoms with E-state index in [1.54, 1.807) is 48.5 Å². The molecule has 2 N–H and O–H groups in total. The second kappa shape index (κ2) is 12.8. The molecule has 1 aliphatic heterocycles.